The molecule has 7 heteroatoms. The lowest BCUT2D eigenvalue weighted by atomic mass is 10.00. The standard InChI is InChI=1S/C14H27N7/c1-5-20(6-2)14-17-12(15)16-13(18-14)19-21-10(3)8-7-9-11(21)4/h10-11H,5-9H2,1-4H3,(H3,15,16,17,18,19). The minimum Gasteiger partial charge on any atom is -0.368 e. The highest BCUT2D eigenvalue weighted by Gasteiger charge is 2.25. The van der Waals surface area contributed by atoms with Crippen LogP contribution in [0.4, 0.5) is 17.8 Å². The second kappa shape index (κ2) is 6.89. The number of rotatable bonds is 5. The molecule has 1 aromatic rings. The summed E-state index contributed by atoms with van der Waals surface area (Å²) in [6, 6.07) is 0.923. The summed E-state index contributed by atoms with van der Waals surface area (Å²) in [6.45, 7) is 10.3. The van der Waals surface area contributed by atoms with Crippen molar-refractivity contribution in [2.75, 3.05) is 29.1 Å². The predicted octanol–water partition coefficient (Wildman–Crippen LogP) is 1.89. The van der Waals surface area contributed by atoms with E-state index in [4.69, 9.17) is 5.73 Å². The van der Waals surface area contributed by atoms with E-state index in [0.717, 1.165) is 13.1 Å². The summed E-state index contributed by atoms with van der Waals surface area (Å²) in [7, 11) is 0. The van der Waals surface area contributed by atoms with Gasteiger partial charge in [-0.2, -0.15) is 15.0 Å². The smallest absolute Gasteiger partial charge is 0.244 e. The van der Waals surface area contributed by atoms with Gasteiger partial charge >= 0.3 is 0 Å². The zero-order valence-electron chi connectivity index (χ0n) is 13.5. The first-order chi connectivity index (χ1) is 10.0. The zero-order valence-corrected chi connectivity index (χ0v) is 13.5. The largest absolute Gasteiger partial charge is 0.368 e. The van der Waals surface area contributed by atoms with Crippen LogP contribution in [0.1, 0.15) is 47.0 Å². The van der Waals surface area contributed by atoms with Crippen LogP contribution in [0.25, 0.3) is 0 Å². The molecule has 118 valence electrons. The van der Waals surface area contributed by atoms with Crippen molar-refractivity contribution >= 4 is 17.8 Å². The fraction of sp³-hybridized carbons (Fsp3) is 0.786. The quantitative estimate of drug-likeness (QED) is 0.857. The second-order valence-electron chi connectivity index (χ2n) is 5.64. The number of nitrogen functional groups attached to an aromatic ring is 1. The summed E-state index contributed by atoms with van der Waals surface area (Å²) >= 11 is 0. The van der Waals surface area contributed by atoms with Gasteiger partial charge in [-0.3, -0.25) is 5.43 Å². The molecule has 21 heavy (non-hydrogen) atoms. The minimum atomic E-state index is 0.256. The van der Waals surface area contributed by atoms with Crippen molar-refractivity contribution in [1.29, 1.82) is 0 Å². The number of hydrogen-bond donors (Lipinski definition) is 2. The Balaban J connectivity index is 2.19. The summed E-state index contributed by atoms with van der Waals surface area (Å²) in [6.07, 6.45) is 3.63. The first-order valence-electron chi connectivity index (χ1n) is 7.86. The molecule has 0 amide bonds. The van der Waals surface area contributed by atoms with Gasteiger partial charge in [0.25, 0.3) is 0 Å². The van der Waals surface area contributed by atoms with Crippen LogP contribution in [0.3, 0.4) is 0 Å². The Hall–Kier alpha value is -1.63. The summed E-state index contributed by atoms with van der Waals surface area (Å²) in [5.41, 5.74) is 9.16. The van der Waals surface area contributed by atoms with Crippen molar-refractivity contribution in [1.82, 2.24) is 20.0 Å². The molecule has 2 unspecified atom stereocenters. The van der Waals surface area contributed by atoms with E-state index in [9.17, 15) is 0 Å². The van der Waals surface area contributed by atoms with E-state index in [2.05, 4.69) is 58.0 Å². The topological polar surface area (TPSA) is 83.2 Å². The SMILES string of the molecule is CCN(CC)c1nc(N)nc(NN2C(C)CCCC2C)n1. The number of nitrogens with zero attached hydrogens (tertiary/aromatic N) is 5. The van der Waals surface area contributed by atoms with Gasteiger partial charge in [0.15, 0.2) is 0 Å². The van der Waals surface area contributed by atoms with Crippen molar-refractivity contribution in [2.24, 2.45) is 0 Å². The Labute approximate surface area is 126 Å². The van der Waals surface area contributed by atoms with Crippen LogP contribution in [0.15, 0.2) is 0 Å². The number of hydrogen-bond acceptors (Lipinski definition) is 7. The van der Waals surface area contributed by atoms with Gasteiger partial charge in [0, 0.05) is 25.2 Å². The van der Waals surface area contributed by atoms with Gasteiger partial charge in [0.2, 0.25) is 17.8 Å². The van der Waals surface area contributed by atoms with Crippen LogP contribution in [0.5, 0.6) is 0 Å². The van der Waals surface area contributed by atoms with Gasteiger partial charge in [-0.05, 0) is 40.5 Å². The molecule has 7 nitrogen and oxygen atoms in total. The van der Waals surface area contributed by atoms with E-state index in [0.29, 0.717) is 24.0 Å². The Morgan fingerprint density at radius 2 is 1.76 bits per heavy atom. The highest BCUT2D eigenvalue weighted by atomic mass is 15.6. The zero-order chi connectivity index (χ0) is 15.4. The number of nitrogens with two attached hydrogens (primary N) is 1. The van der Waals surface area contributed by atoms with Gasteiger partial charge in [-0.25, -0.2) is 5.01 Å². The molecule has 1 aromatic heterocycles. The second-order valence-corrected chi connectivity index (χ2v) is 5.64. The van der Waals surface area contributed by atoms with Crippen molar-refractivity contribution in [3.8, 4) is 0 Å². The lowest BCUT2D eigenvalue weighted by molar-refractivity contribution is 0.134. The molecule has 0 spiro atoms. The van der Waals surface area contributed by atoms with Crippen LogP contribution in [0.2, 0.25) is 0 Å². The van der Waals surface area contributed by atoms with E-state index < -0.39 is 0 Å². The minimum absolute atomic E-state index is 0.256. The highest BCUT2D eigenvalue weighted by Crippen LogP contribution is 2.23. The van der Waals surface area contributed by atoms with Crippen LogP contribution >= 0.6 is 0 Å². The van der Waals surface area contributed by atoms with Crippen molar-refractivity contribution in [2.45, 2.75) is 59.0 Å². The number of anilines is 3. The molecule has 3 N–H and O–H groups in total. The molecule has 1 aliphatic heterocycles. The van der Waals surface area contributed by atoms with Crippen molar-refractivity contribution in [3.63, 3.8) is 0 Å². The van der Waals surface area contributed by atoms with E-state index in [1.54, 1.807) is 0 Å². The van der Waals surface area contributed by atoms with Gasteiger partial charge < -0.3 is 10.6 Å². The molecule has 2 heterocycles. The molecule has 2 rings (SSSR count). The van der Waals surface area contributed by atoms with E-state index >= 15 is 0 Å². The Kier molecular flexibility index (Phi) is 5.17. The summed E-state index contributed by atoms with van der Waals surface area (Å²) in [5, 5.41) is 2.23. The van der Waals surface area contributed by atoms with Crippen LogP contribution in [-0.2, 0) is 0 Å². The number of nitrogens with one attached hydrogen (secondary N) is 1. The molecular weight excluding hydrogens is 266 g/mol. The maximum absolute atomic E-state index is 5.83. The summed E-state index contributed by atoms with van der Waals surface area (Å²) in [5.74, 6) is 1.42. The van der Waals surface area contributed by atoms with E-state index in [1.165, 1.54) is 19.3 Å². The molecule has 1 aliphatic rings. The first kappa shape index (κ1) is 15.8. The normalized spacial score (nSPS) is 23.0. The molecule has 0 aliphatic carbocycles. The number of aromatic nitrogens is 3. The van der Waals surface area contributed by atoms with Crippen LogP contribution < -0.4 is 16.1 Å². The van der Waals surface area contributed by atoms with Crippen LogP contribution in [0, 0.1) is 0 Å². The summed E-state index contributed by atoms with van der Waals surface area (Å²) in [4.78, 5) is 15.0. The highest BCUT2D eigenvalue weighted by molar-refractivity contribution is 5.41. The molecule has 2 atom stereocenters. The van der Waals surface area contributed by atoms with Gasteiger partial charge in [0.05, 0.1) is 0 Å². The Morgan fingerprint density at radius 1 is 1.14 bits per heavy atom. The lowest BCUT2D eigenvalue weighted by Crippen LogP contribution is -2.47. The van der Waals surface area contributed by atoms with Crippen molar-refractivity contribution < 1.29 is 0 Å². The fourth-order valence-corrected chi connectivity index (χ4v) is 2.84. The van der Waals surface area contributed by atoms with Gasteiger partial charge in [-0.1, -0.05) is 6.42 Å². The molecular formula is C14H27N7. The Morgan fingerprint density at radius 3 is 2.33 bits per heavy atom. The molecule has 1 fully saturated rings. The first-order valence-corrected chi connectivity index (χ1v) is 7.86. The maximum atomic E-state index is 5.83. The monoisotopic (exact) mass is 293 g/mol. The average Bonchev–Trinajstić information content (AvgIpc) is 2.44. The van der Waals surface area contributed by atoms with Gasteiger partial charge in [-0.15, -0.1) is 0 Å². The molecule has 0 radical (unpaired) electrons. The maximum Gasteiger partial charge on any atom is 0.244 e. The predicted molar refractivity (Wildman–Crippen MR) is 86.0 cm³/mol. The third kappa shape index (κ3) is 3.72. The Bertz CT molecular complexity index is 451. The summed E-state index contributed by atoms with van der Waals surface area (Å²) < 4.78 is 0. The third-order valence-electron chi connectivity index (χ3n) is 4.11. The van der Waals surface area contributed by atoms with E-state index in [-0.39, 0.29) is 5.95 Å². The number of hydrazine groups is 1. The molecule has 0 aromatic carbocycles. The van der Waals surface area contributed by atoms with Crippen molar-refractivity contribution in [3.05, 3.63) is 0 Å². The molecule has 0 bridgehead atoms. The fourth-order valence-electron chi connectivity index (χ4n) is 2.84. The van der Waals surface area contributed by atoms with E-state index in [1.807, 2.05) is 0 Å². The molecule has 0 saturated carbocycles. The lowest BCUT2D eigenvalue weighted by Gasteiger charge is -2.38. The number of piperidine rings is 1. The van der Waals surface area contributed by atoms with Gasteiger partial charge in [0.1, 0.15) is 0 Å². The van der Waals surface area contributed by atoms with Crippen LogP contribution in [-0.4, -0.2) is 45.1 Å². The molecule has 1 saturated heterocycles. The average molecular weight is 293 g/mol. The third-order valence-corrected chi connectivity index (χ3v) is 4.11.